The normalized spacial score (nSPS) is 16.2. The number of amides is 1. The Labute approximate surface area is 117 Å². The van der Waals surface area contributed by atoms with Crippen molar-refractivity contribution < 1.29 is 9.72 Å². The number of rotatable bonds is 4. The molecule has 1 aromatic carbocycles. The van der Waals surface area contributed by atoms with E-state index in [-0.39, 0.29) is 17.6 Å². The first-order valence-electron chi connectivity index (χ1n) is 6.88. The lowest BCUT2D eigenvalue weighted by molar-refractivity contribution is -0.384. The van der Waals surface area contributed by atoms with Gasteiger partial charge < -0.3 is 5.32 Å². The summed E-state index contributed by atoms with van der Waals surface area (Å²) in [5.74, 6) is -0.102. The zero-order valence-electron chi connectivity index (χ0n) is 11.2. The summed E-state index contributed by atoms with van der Waals surface area (Å²) in [7, 11) is 0. The monoisotopic (exact) mass is 274 g/mol. The van der Waals surface area contributed by atoms with E-state index in [2.05, 4.69) is 5.32 Å². The van der Waals surface area contributed by atoms with Gasteiger partial charge in [0.1, 0.15) is 0 Å². The Morgan fingerprint density at radius 1 is 1.20 bits per heavy atom. The maximum absolute atomic E-state index is 11.8. The van der Waals surface area contributed by atoms with Crippen LogP contribution in [0.25, 0.3) is 6.08 Å². The Morgan fingerprint density at radius 2 is 1.85 bits per heavy atom. The molecule has 5 nitrogen and oxygen atoms in total. The number of nitro benzene ring substituents is 1. The second kappa shape index (κ2) is 6.84. The maximum atomic E-state index is 11.8. The molecule has 1 aliphatic rings. The molecule has 1 fully saturated rings. The lowest BCUT2D eigenvalue weighted by Crippen LogP contribution is -2.34. The molecule has 0 unspecified atom stereocenters. The van der Waals surface area contributed by atoms with Gasteiger partial charge in [0.25, 0.3) is 5.69 Å². The van der Waals surface area contributed by atoms with Crippen LogP contribution >= 0.6 is 0 Å². The Morgan fingerprint density at radius 3 is 2.45 bits per heavy atom. The van der Waals surface area contributed by atoms with Crippen molar-refractivity contribution in [1.82, 2.24) is 5.32 Å². The number of hydrogen-bond acceptors (Lipinski definition) is 3. The summed E-state index contributed by atoms with van der Waals surface area (Å²) in [6, 6.07) is 6.40. The summed E-state index contributed by atoms with van der Waals surface area (Å²) in [4.78, 5) is 21.8. The van der Waals surface area contributed by atoms with Crippen molar-refractivity contribution in [1.29, 1.82) is 0 Å². The van der Waals surface area contributed by atoms with E-state index in [1.807, 2.05) is 0 Å². The van der Waals surface area contributed by atoms with Crippen LogP contribution in [-0.4, -0.2) is 16.9 Å². The molecule has 1 amide bonds. The number of carbonyl (C=O) groups excluding carboxylic acids is 1. The molecule has 0 aromatic heterocycles. The molecule has 1 aromatic rings. The van der Waals surface area contributed by atoms with E-state index < -0.39 is 4.92 Å². The molecule has 20 heavy (non-hydrogen) atoms. The third kappa shape index (κ3) is 4.19. The minimum Gasteiger partial charge on any atom is -0.350 e. The molecule has 1 aliphatic carbocycles. The van der Waals surface area contributed by atoms with Crippen molar-refractivity contribution in [3.63, 3.8) is 0 Å². The molecule has 106 valence electrons. The SMILES string of the molecule is O=C(/C=C/c1ccc([N+](=O)[O-])cc1)NC1CCCCC1. The molecule has 0 heterocycles. The van der Waals surface area contributed by atoms with Crippen LogP contribution in [0.5, 0.6) is 0 Å². The van der Waals surface area contributed by atoms with Gasteiger partial charge in [0, 0.05) is 24.3 Å². The number of nitro groups is 1. The molecule has 1 N–H and O–H groups in total. The number of carbonyl (C=O) groups is 1. The molecule has 0 radical (unpaired) electrons. The first-order valence-corrected chi connectivity index (χ1v) is 6.88. The average Bonchev–Trinajstić information content (AvgIpc) is 2.46. The van der Waals surface area contributed by atoms with Gasteiger partial charge in [0.2, 0.25) is 5.91 Å². The van der Waals surface area contributed by atoms with Gasteiger partial charge in [-0.25, -0.2) is 0 Å². The first-order chi connectivity index (χ1) is 9.65. The summed E-state index contributed by atoms with van der Waals surface area (Å²) in [6.45, 7) is 0. The minimum absolute atomic E-state index is 0.0498. The van der Waals surface area contributed by atoms with Crippen LogP contribution in [0.3, 0.4) is 0 Å². The highest BCUT2D eigenvalue weighted by Gasteiger charge is 2.14. The van der Waals surface area contributed by atoms with Gasteiger partial charge in [-0.15, -0.1) is 0 Å². The molecular formula is C15H18N2O3. The van der Waals surface area contributed by atoms with Gasteiger partial charge in [-0.05, 0) is 36.6 Å². The summed E-state index contributed by atoms with van der Waals surface area (Å²) in [6.07, 6.45) is 8.87. The van der Waals surface area contributed by atoms with E-state index >= 15 is 0 Å². The fraction of sp³-hybridized carbons (Fsp3) is 0.400. The van der Waals surface area contributed by atoms with Gasteiger partial charge in [-0.3, -0.25) is 14.9 Å². The first kappa shape index (κ1) is 14.2. The predicted octanol–water partition coefficient (Wildman–Crippen LogP) is 3.06. The second-order valence-electron chi connectivity index (χ2n) is 5.03. The van der Waals surface area contributed by atoms with E-state index in [9.17, 15) is 14.9 Å². The number of benzene rings is 1. The summed E-state index contributed by atoms with van der Waals surface area (Å²) >= 11 is 0. The molecular weight excluding hydrogens is 256 g/mol. The van der Waals surface area contributed by atoms with E-state index in [0.717, 1.165) is 18.4 Å². The van der Waals surface area contributed by atoms with E-state index in [1.54, 1.807) is 18.2 Å². The van der Waals surface area contributed by atoms with Gasteiger partial charge in [0.05, 0.1) is 4.92 Å². The van der Waals surface area contributed by atoms with Gasteiger partial charge in [0.15, 0.2) is 0 Å². The number of nitrogens with one attached hydrogen (secondary N) is 1. The molecule has 0 bridgehead atoms. The Bertz CT molecular complexity index is 502. The average molecular weight is 274 g/mol. The van der Waals surface area contributed by atoms with Crippen molar-refractivity contribution >= 4 is 17.7 Å². The highest BCUT2D eigenvalue weighted by Crippen LogP contribution is 2.17. The molecule has 0 spiro atoms. The molecule has 2 rings (SSSR count). The van der Waals surface area contributed by atoms with E-state index in [0.29, 0.717) is 0 Å². The lowest BCUT2D eigenvalue weighted by Gasteiger charge is -2.21. The van der Waals surface area contributed by atoms with Crippen LogP contribution < -0.4 is 5.32 Å². The standard InChI is InChI=1S/C15H18N2O3/c18-15(16-13-4-2-1-3-5-13)11-8-12-6-9-14(10-7-12)17(19)20/h6-11,13H,1-5H2,(H,16,18)/b11-8+. The van der Waals surface area contributed by atoms with Crippen LogP contribution in [0.2, 0.25) is 0 Å². The third-order valence-corrected chi connectivity index (χ3v) is 3.48. The zero-order chi connectivity index (χ0) is 14.4. The van der Waals surface area contributed by atoms with E-state index in [4.69, 9.17) is 0 Å². The fourth-order valence-corrected chi connectivity index (χ4v) is 2.38. The Hall–Kier alpha value is -2.17. The van der Waals surface area contributed by atoms with Crippen molar-refractivity contribution in [3.05, 3.63) is 46.0 Å². The van der Waals surface area contributed by atoms with Crippen LogP contribution in [0, 0.1) is 10.1 Å². The number of non-ortho nitro benzene ring substituents is 1. The molecule has 0 saturated heterocycles. The highest BCUT2D eigenvalue weighted by atomic mass is 16.6. The minimum atomic E-state index is -0.441. The fourth-order valence-electron chi connectivity index (χ4n) is 2.38. The van der Waals surface area contributed by atoms with Crippen molar-refractivity contribution in [2.24, 2.45) is 0 Å². The molecule has 5 heteroatoms. The molecule has 0 atom stereocenters. The van der Waals surface area contributed by atoms with Crippen molar-refractivity contribution in [2.45, 2.75) is 38.1 Å². The topological polar surface area (TPSA) is 72.2 Å². The number of nitrogens with zero attached hydrogens (tertiary/aromatic N) is 1. The molecule has 0 aliphatic heterocycles. The quantitative estimate of drug-likeness (QED) is 0.521. The Kier molecular flexibility index (Phi) is 4.87. The van der Waals surface area contributed by atoms with Gasteiger partial charge in [-0.1, -0.05) is 19.3 Å². The van der Waals surface area contributed by atoms with Gasteiger partial charge in [-0.2, -0.15) is 0 Å². The van der Waals surface area contributed by atoms with Crippen molar-refractivity contribution in [3.8, 4) is 0 Å². The largest absolute Gasteiger partial charge is 0.350 e. The lowest BCUT2D eigenvalue weighted by atomic mass is 9.95. The van der Waals surface area contributed by atoms with Gasteiger partial charge >= 0.3 is 0 Å². The highest BCUT2D eigenvalue weighted by molar-refractivity contribution is 5.91. The third-order valence-electron chi connectivity index (χ3n) is 3.48. The summed E-state index contributed by atoms with van der Waals surface area (Å²) in [5.41, 5.74) is 0.822. The summed E-state index contributed by atoms with van der Waals surface area (Å²) in [5, 5.41) is 13.5. The van der Waals surface area contributed by atoms with Crippen LogP contribution in [0.1, 0.15) is 37.7 Å². The zero-order valence-corrected chi connectivity index (χ0v) is 11.2. The Balaban J connectivity index is 1.87. The van der Waals surface area contributed by atoms with Crippen molar-refractivity contribution in [2.75, 3.05) is 0 Å². The van der Waals surface area contributed by atoms with Crippen LogP contribution in [0.4, 0.5) is 5.69 Å². The summed E-state index contributed by atoms with van der Waals surface area (Å²) < 4.78 is 0. The second-order valence-corrected chi connectivity index (χ2v) is 5.03. The van der Waals surface area contributed by atoms with Crippen LogP contribution in [0.15, 0.2) is 30.3 Å². The smallest absolute Gasteiger partial charge is 0.269 e. The van der Waals surface area contributed by atoms with Crippen LogP contribution in [-0.2, 0) is 4.79 Å². The molecule has 1 saturated carbocycles. The maximum Gasteiger partial charge on any atom is 0.269 e. The number of hydrogen-bond donors (Lipinski definition) is 1. The predicted molar refractivity (Wildman–Crippen MR) is 77.1 cm³/mol. The van der Waals surface area contributed by atoms with E-state index in [1.165, 1.54) is 37.5 Å².